The number of nitrogen functional groups attached to an aromatic ring is 1. The standard InChI is InChI=1S/C14H19ClN2O/c1-9-4-2-3-5-13(9)17-14(18)11-8-10(16)6-7-12(11)15/h6-9,13H,2-5,16H2,1H3,(H,17,18)/t9-,13+/m1/s1. The smallest absolute Gasteiger partial charge is 0.253 e. The van der Waals surface area contributed by atoms with Gasteiger partial charge in [-0.05, 0) is 37.0 Å². The predicted molar refractivity (Wildman–Crippen MR) is 74.8 cm³/mol. The molecule has 98 valence electrons. The lowest BCUT2D eigenvalue weighted by molar-refractivity contribution is 0.0910. The molecule has 0 aliphatic heterocycles. The molecule has 1 saturated carbocycles. The fraction of sp³-hybridized carbons (Fsp3) is 0.500. The Morgan fingerprint density at radius 1 is 1.39 bits per heavy atom. The van der Waals surface area contributed by atoms with Crippen LogP contribution in [0.15, 0.2) is 18.2 Å². The van der Waals surface area contributed by atoms with Gasteiger partial charge in [0.25, 0.3) is 5.91 Å². The fourth-order valence-corrected chi connectivity index (χ4v) is 2.70. The average Bonchev–Trinajstić information content (AvgIpc) is 2.35. The van der Waals surface area contributed by atoms with Gasteiger partial charge in [-0.15, -0.1) is 0 Å². The van der Waals surface area contributed by atoms with Gasteiger partial charge in [0.1, 0.15) is 0 Å². The van der Waals surface area contributed by atoms with Crippen LogP contribution in [0.5, 0.6) is 0 Å². The van der Waals surface area contributed by atoms with Gasteiger partial charge in [0.2, 0.25) is 0 Å². The molecule has 0 unspecified atom stereocenters. The summed E-state index contributed by atoms with van der Waals surface area (Å²) in [7, 11) is 0. The number of nitrogens with two attached hydrogens (primary N) is 1. The monoisotopic (exact) mass is 266 g/mol. The summed E-state index contributed by atoms with van der Waals surface area (Å²) < 4.78 is 0. The number of halogens is 1. The summed E-state index contributed by atoms with van der Waals surface area (Å²) in [5, 5.41) is 3.52. The number of hydrogen-bond acceptors (Lipinski definition) is 2. The van der Waals surface area contributed by atoms with E-state index in [9.17, 15) is 4.79 Å². The van der Waals surface area contributed by atoms with Crippen LogP contribution in [0.1, 0.15) is 43.0 Å². The molecule has 0 saturated heterocycles. The Kier molecular flexibility index (Phi) is 4.12. The van der Waals surface area contributed by atoms with E-state index >= 15 is 0 Å². The molecule has 3 N–H and O–H groups in total. The van der Waals surface area contributed by atoms with Crippen molar-refractivity contribution in [2.75, 3.05) is 5.73 Å². The van der Waals surface area contributed by atoms with Crippen molar-refractivity contribution >= 4 is 23.2 Å². The molecule has 18 heavy (non-hydrogen) atoms. The Labute approximate surface area is 113 Å². The molecule has 2 atom stereocenters. The fourth-order valence-electron chi connectivity index (χ4n) is 2.49. The second-order valence-corrected chi connectivity index (χ2v) is 5.49. The number of amides is 1. The highest BCUT2D eigenvalue weighted by molar-refractivity contribution is 6.34. The molecule has 0 bridgehead atoms. The summed E-state index contributed by atoms with van der Waals surface area (Å²) >= 11 is 6.03. The maximum absolute atomic E-state index is 12.2. The number of carbonyl (C=O) groups is 1. The molecule has 2 rings (SSSR count). The third-order valence-corrected chi connectivity index (χ3v) is 3.99. The van der Waals surface area contributed by atoms with E-state index in [1.807, 2.05) is 0 Å². The number of hydrogen-bond donors (Lipinski definition) is 2. The minimum Gasteiger partial charge on any atom is -0.399 e. The number of carbonyl (C=O) groups excluding carboxylic acids is 1. The zero-order valence-electron chi connectivity index (χ0n) is 10.6. The van der Waals surface area contributed by atoms with Crippen LogP contribution in [0.4, 0.5) is 5.69 Å². The molecule has 1 aromatic rings. The Balaban J connectivity index is 2.09. The molecule has 1 aromatic carbocycles. The third-order valence-electron chi connectivity index (χ3n) is 3.66. The van der Waals surface area contributed by atoms with E-state index in [-0.39, 0.29) is 11.9 Å². The lowest BCUT2D eigenvalue weighted by Gasteiger charge is -2.29. The van der Waals surface area contributed by atoms with Gasteiger partial charge in [-0.1, -0.05) is 31.4 Å². The molecule has 0 heterocycles. The Morgan fingerprint density at radius 2 is 2.11 bits per heavy atom. The predicted octanol–water partition coefficient (Wildman–Crippen LogP) is 3.23. The molecule has 1 fully saturated rings. The van der Waals surface area contributed by atoms with Crippen LogP contribution in [0.25, 0.3) is 0 Å². The highest BCUT2D eigenvalue weighted by Gasteiger charge is 2.23. The zero-order chi connectivity index (χ0) is 13.1. The van der Waals surface area contributed by atoms with Crippen molar-refractivity contribution in [3.8, 4) is 0 Å². The van der Waals surface area contributed by atoms with Gasteiger partial charge in [-0.3, -0.25) is 4.79 Å². The van der Waals surface area contributed by atoms with E-state index in [1.54, 1.807) is 18.2 Å². The minimum absolute atomic E-state index is 0.119. The number of anilines is 1. The first-order valence-electron chi connectivity index (χ1n) is 6.44. The van der Waals surface area contributed by atoms with Crippen molar-refractivity contribution in [3.63, 3.8) is 0 Å². The summed E-state index contributed by atoms with van der Waals surface area (Å²) in [6.45, 7) is 2.19. The van der Waals surface area contributed by atoms with Crippen molar-refractivity contribution < 1.29 is 4.79 Å². The second-order valence-electron chi connectivity index (χ2n) is 5.08. The van der Waals surface area contributed by atoms with E-state index in [0.717, 1.165) is 6.42 Å². The highest BCUT2D eigenvalue weighted by atomic mass is 35.5. The first kappa shape index (κ1) is 13.2. The van der Waals surface area contributed by atoms with Crippen molar-refractivity contribution in [1.82, 2.24) is 5.32 Å². The van der Waals surface area contributed by atoms with Crippen LogP contribution in [0, 0.1) is 5.92 Å². The molecule has 1 aliphatic carbocycles. The number of nitrogens with one attached hydrogen (secondary N) is 1. The summed E-state index contributed by atoms with van der Waals surface area (Å²) in [4.78, 5) is 12.2. The molecule has 0 spiro atoms. The third kappa shape index (κ3) is 2.96. The lowest BCUT2D eigenvalue weighted by atomic mass is 9.86. The van der Waals surface area contributed by atoms with Gasteiger partial charge < -0.3 is 11.1 Å². The lowest BCUT2D eigenvalue weighted by Crippen LogP contribution is -2.41. The van der Waals surface area contributed by atoms with E-state index in [1.165, 1.54) is 19.3 Å². The summed E-state index contributed by atoms with van der Waals surface area (Å²) in [5.74, 6) is 0.411. The van der Waals surface area contributed by atoms with Crippen LogP contribution in [-0.4, -0.2) is 11.9 Å². The number of rotatable bonds is 2. The summed E-state index contributed by atoms with van der Waals surface area (Å²) in [6, 6.07) is 5.24. The first-order chi connectivity index (χ1) is 8.58. The summed E-state index contributed by atoms with van der Waals surface area (Å²) in [6.07, 6.45) is 4.66. The molecular formula is C14H19ClN2O. The van der Waals surface area contributed by atoms with Crippen molar-refractivity contribution in [2.24, 2.45) is 5.92 Å². The van der Waals surface area contributed by atoms with Gasteiger partial charge in [-0.25, -0.2) is 0 Å². The molecule has 1 amide bonds. The van der Waals surface area contributed by atoms with E-state index in [0.29, 0.717) is 22.2 Å². The average molecular weight is 267 g/mol. The van der Waals surface area contributed by atoms with E-state index in [4.69, 9.17) is 17.3 Å². The van der Waals surface area contributed by atoms with E-state index < -0.39 is 0 Å². The molecule has 0 aromatic heterocycles. The van der Waals surface area contributed by atoms with Crippen molar-refractivity contribution in [2.45, 2.75) is 38.6 Å². The minimum atomic E-state index is -0.119. The second kappa shape index (κ2) is 5.61. The first-order valence-corrected chi connectivity index (χ1v) is 6.81. The highest BCUT2D eigenvalue weighted by Crippen LogP contribution is 2.25. The SMILES string of the molecule is C[C@@H]1CCCC[C@@H]1NC(=O)c1cc(N)ccc1Cl. The van der Waals surface area contributed by atoms with Crippen molar-refractivity contribution in [1.29, 1.82) is 0 Å². The Hall–Kier alpha value is -1.22. The Morgan fingerprint density at radius 3 is 2.83 bits per heavy atom. The zero-order valence-corrected chi connectivity index (χ0v) is 11.3. The maximum Gasteiger partial charge on any atom is 0.253 e. The largest absolute Gasteiger partial charge is 0.399 e. The Bertz CT molecular complexity index is 447. The summed E-state index contributed by atoms with van der Waals surface area (Å²) in [5.41, 5.74) is 6.71. The molecular weight excluding hydrogens is 248 g/mol. The maximum atomic E-state index is 12.2. The van der Waals surface area contributed by atoms with Crippen LogP contribution >= 0.6 is 11.6 Å². The molecule has 3 nitrogen and oxygen atoms in total. The van der Waals surface area contributed by atoms with Crippen LogP contribution in [0.2, 0.25) is 5.02 Å². The number of benzene rings is 1. The van der Waals surface area contributed by atoms with Crippen LogP contribution in [-0.2, 0) is 0 Å². The van der Waals surface area contributed by atoms with Gasteiger partial charge in [-0.2, -0.15) is 0 Å². The van der Waals surface area contributed by atoms with Gasteiger partial charge in [0.15, 0.2) is 0 Å². The normalized spacial score (nSPS) is 23.7. The molecule has 0 radical (unpaired) electrons. The van der Waals surface area contributed by atoms with Gasteiger partial charge in [0.05, 0.1) is 10.6 Å². The van der Waals surface area contributed by atoms with Crippen LogP contribution in [0.3, 0.4) is 0 Å². The van der Waals surface area contributed by atoms with Crippen LogP contribution < -0.4 is 11.1 Å². The topological polar surface area (TPSA) is 55.1 Å². The quantitative estimate of drug-likeness (QED) is 0.808. The molecule has 1 aliphatic rings. The van der Waals surface area contributed by atoms with Crippen molar-refractivity contribution in [3.05, 3.63) is 28.8 Å². The van der Waals surface area contributed by atoms with E-state index in [2.05, 4.69) is 12.2 Å². The van der Waals surface area contributed by atoms with Gasteiger partial charge >= 0.3 is 0 Å². The molecule has 4 heteroatoms. The van der Waals surface area contributed by atoms with Gasteiger partial charge in [0, 0.05) is 11.7 Å².